The molecule has 0 aromatic heterocycles. The maximum Gasteiger partial charge on any atom is 0.121 e. The summed E-state index contributed by atoms with van der Waals surface area (Å²) in [6.45, 7) is 0. The molecule has 1 unspecified atom stereocenters. The van der Waals surface area contributed by atoms with Crippen molar-refractivity contribution >= 4 is 18.0 Å². The van der Waals surface area contributed by atoms with Crippen molar-refractivity contribution in [2.45, 2.75) is 11.7 Å². The number of hydrogen-bond donors (Lipinski definition) is 0. The molecule has 0 amide bonds. The van der Waals surface area contributed by atoms with Gasteiger partial charge < -0.3 is 4.79 Å². The first-order valence-corrected chi connectivity index (χ1v) is 5.18. The SMILES string of the molecule is CSC(CC=O)c1ccccc1. The number of rotatable bonds is 4. The van der Waals surface area contributed by atoms with Crippen LogP contribution in [0.25, 0.3) is 0 Å². The van der Waals surface area contributed by atoms with Crippen LogP contribution in [0.4, 0.5) is 0 Å². The Bertz CT molecular complexity index is 233. The van der Waals surface area contributed by atoms with Gasteiger partial charge in [0.25, 0.3) is 0 Å². The van der Waals surface area contributed by atoms with Gasteiger partial charge in [0.1, 0.15) is 6.29 Å². The van der Waals surface area contributed by atoms with Crippen LogP contribution in [0.2, 0.25) is 0 Å². The van der Waals surface area contributed by atoms with Crippen molar-refractivity contribution in [3.63, 3.8) is 0 Å². The van der Waals surface area contributed by atoms with Gasteiger partial charge in [0, 0.05) is 11.7 Å². The molecular formula is C10H12OS. The first kappa shape index (κ1) is 9.33. The fourth-order valence-corrected chi connectivity index (χ4v) is 1.82. The zero-order chi connectivity index (χ0) is 8.81. The Balaban J connectivity index is 2.72. The quantitative estimate of drug-likeness (QED) is 0.663. The molecule has 1 aromatic rings. The molecule has 1 aromatic carbocycles. The lowest BCUT2D eigenvalue weighted by Crippen LogP contribution is -1.93. The Kier molecular flexibility index (Phi) is 3.88. The summed E-state index contributed by atoms with van der Waals surface area (Å²) in [6.07, 6.45) is 3.61. The summed E-state index contributed by atoms with van der Waals surface area (Å²) in [5, 5.41) is 0.323. The molecule has 0 aliphatic rings. The van der Waals surface area contributed by atoms with Gasteiger partial charge in [-0.2, -0.15) is 11.8 Å². The Labute approximate surface area is 77.2 Å². The highest BCUT2D eigenvalue weighted by molar-refractivity contribution is 7.98. The molecule has 0 spiro atoms. The molecule has 0 saturated heterocycles. The van der Waals surface area contributed by atoms with Gasteiger partial charge >= 0.3 is 0 Å². The van der Waals surface area contributed by atoms with Gasteiger partial charge in [0.05, 0.1) is 0 Å². The molecule has 64 valence electrons. The average Bonchev–Trinajstić information content (AvgIpc) is 2.15. The molecule has 0 heterocycles. The van der Waals surface area contributed by atoms with E-state index in [9.17, 15) is 4.79 Å². The van der Waals surface area contributed by atoms with E-state index in [4.69, 9.17) is 0 Å². The molecule has 0 fully saturated rings. The lowest BCUT2D eigenvalue weighted by molar-refractivity contribution is -0.107. The third-order valence-electron chi connectivity index (χ3n) is 1.77. The third-order valence-corrected chi connectivity index (χ3v) is 2.80. The maximum absolute atomic E-state index is 10.3. The van der Waals surface area contributed by atoms with Crippen molar-refractivity contribution in [2.75, 3.05) is 6.26 Å². The summed E-state index contributed by atoms with van der Waals surface area (Å²) in [4.78, 5) is 10.3. The van der Waals surface area contributed by atoms with Gasteiger partial charge in [0.15, 0.2) is 0 Å². The largest absolute Gasteiger partial charge is 0.303 e. The van der Waals surface area contributed by atoms with Crippen LogP contribution < -0.4 is 0 Å². The Morgan fingerprint density at radius 1 is 1.42 bits per heavy atom. The van der Waals surface area contributed by atoms with E-state index in [1.807, 2.05) is 24.5 Å². The normalized spacial score (nSPS) is 12.4. The minimum absolute atomic E-state index is 0.323. The molecule has 0 N–H and O–H groups in total. The van der Waals surface area contributed by atoms with Crippen LogP contribution in [0.5, 0.6) is 0 Å². The number of hydrogen-bond acceptors (Lipinski definition) is 2. The van der Waals surface area contributed by atoms with Crippen LogP contribution in [-0.2, 0) is 4.79 Å². The van der Waals surface area contributed by atoms with Crippen LogP contribution >= 0.6 is 11.8 Å². The minimum Gasteiger partial charge on any atom is -0.303 e. The van der Waals surface area contributed by atoms with Gasteiger partial charge in [-0.3, -0.25) is 0 Å². The first-order chi connectivity index (χ1) is 5.88. The molecule has 0 aliphatic heterocycles. The monoisotopic (exact) mass is 180 g/mol. The van der Waals surface area contributed by atoms with Crippen molar-refractivity contribution in [2.24, 2.45) is 0 Å². The molecular weight excluding hydrogens is 168 g/mol. The maximum atomic E-state index is 10.3. The van der Waals surface area contributed by atoms with Crippen molar-refractivity contribution in [3.8, 4) is 0 Å². The van der Waals surface area contributed by atoms with Crippen LogP contribution in [-0.4, -0.2) is 12.5 Å². The molecule has 0 bridgehead atoms. The molecule has 2 heteroatoms. The molecule has 0 saturated carbocycles. The summed E-state index contributed by atoms with van der Waals surface area (Å²) >= 11 is 1.72. The van der Waals surface area contributed by atoms with Crippen molar-refractivity contribution < 1.29 is 4.79 Å². The van der Waals surface area contributed by atoms with E-state index in [1.54, 1.807) is 11.8 Å². The average molecular weight is 180 g/mol. The Morgan fingerprint density at radius 3 is 2.58 bits per heavy atom. The summed E-state index contributed by atoms with van der Waals surface area (Å²) in [7, 11) is 0. The van der Waals surface area contributed by atoms with E-state index in [-0.39, 0.29) is 0 Å². The van der Waals surface area contributed by atoms with Crippen LogP contribution in [0, 0.1) is 0 Å². The van der Waals surface area contributed by atoms with E-state index in [1.165, 1.54) is 5.56 Å². The predicted octanol–water partition coefficient (Wildman–Crippen LogP) is 2.68. The number of benzene rings is 1. The fraction of sp³-hybridized carbons (Fsp3) is 0.300. The van der Waals surface area contributed by atoms with Crippen molar-refractivity contribution in [3.05, 3.63) is 35.9 Å². The lowest BCUT2D eigenvalue weighted by atomic mass is 10.1. The molecule has 0 aliphatic carbocycles. The number of carbonyl (C=O) groups excluding carboxylic acids is 1. The fourth-order valence-electron chi connectivity index (χ4n) is 1.12. The van der Waals surface area contributed by atoms with E-state index < -0.39 is 0 Å². The number of thioether (sulfide) groups is 1. The smallest absolute Gasteiger partial charge is 0.121 e. The summed E-state index contributed by atoms with van der Waals surface area (Å²) < 4.78 is 0. The highest BCUT2D eigenvalue weighted by Crippen LogP contribution is 2.28. The second-order valence-electron chi connectivity index (χ2n) is 2.54. The minimum atomic E-state index is 0.323. The van der Waals surface area contributed by atoms with Crippen LogP contribution in [0.1, 0.15) is 17.2 Å². The van der Waals surface area contributed by atoms with Gasteiger partial charge in [-0.25, -0.2) is 0 Å². The van der Waals surface area contributed by atoms with E-state index in [0.717, 1.165) is 6.29 Å². The van der Waals surface area contributed by atoms with E-state index >= 15 is 0 Å². The van der Waals surface area contributed by atoms with Crippen LogP contribution in [0.3, 0.4) is 0 Å². The second-order valence-corrected chi connectivity index (χ2v) is 3.58. The predicted molar refractivity (Wildman–Crippen MR) is 53.4 cm³/mol. The van der Waals surface area contributed by atoms with E-state index in [0.29, 0.717) is 11.7 Å². The highest BCUT2D eigenvalue weighted by Gasteiger charge is 2.07. The molecule has 1 nitrogen and oxygen atoms in total. The molecule has 1 atom stereocenters. The van der Waals surface area contributed by atoms with Crippen molar-refractivity contribution in [1.29, 1.82) is 0 Å². The first-order valence-electron chi connectivity index (χ1n) is 3.90. The second kappa shape index (κ2) is 4.99. The van der Waals surface area contributed by atoms with Gasteiger partial charge in [0.2, 0.25) is 0 Å². The molecule has 1 rings (SSSR count). The summed E-state index contributed by atoms with van der Waals surface area (Å²) in [5.74, 6) is 0. The van der Waals surface area contributed by atoms with Gasteiger partial charge in [-0.1, -0.05) is 30.3 Å². The zero-order valence-corrected chi connectivity index (χ0v) is 7.88. The third kappa shape index (κ3) is 2.38. The van der Waals surface area contributed by atoms with E-state index in [2.05, 4.69) is 12.1 Å². The van der Waals surface area contributed by atoms with Gasteiger partial charge in [-0.05, 0) is 11.8 Å². The van der Waals surface area contributed by atoms with Gasteiger partial charge in [-0.15, -0.1) is 0 Å². The molecule has 0 radical (unpaired) electrons. The summed E-state index contributed by atoms with van der Waals surface area (Å²) in [5.41, 5.74) is 1.23. The number of carbonyl (C=O) groups is 1. The van der Waals surface area contributed by atoms with Crippen LogP contribution in [0.15, 0.2) is 30.3 Å². The Morgan fingerprint density at radius 2 is 2.08 bits per heavy atom. The topological polar surface area (TPSA) is 17.1 Å². The zero-order valence-electron chi connectivity index (χ0n) is 7.07. The Hall–Kier alpha value is -0.760. The highest BCUT2D eigenvalue weighted by atomic mass is 32.2. The standard InChI is InChI=1S/C10H12OS/c1-12-10(7-8-11)9-5-3-2-4-6-9/h2-6,8,10H,7H2,1H3. The van der Waals surface area contributed by atoms with Crippen molar-refractivity contribution in [1.82, 2.24) is 0 Å². The lowest BCUT2D eigenvalue weighted by Gasteiger charge is -2.10. The number of aldehydes is 1. The molecule has 12 heavy (non-hydrogen) atoms. The summed E-state index contributed by atoms with van der Waals surface area (Å²) in [6, 6.07) is 10.1.